The van der Waals surface area contributed by atoms with Gasteiger partial charge >= 0.3 is 0 Å². The van der Waals surface area contributed by atoms with E-state index in [0.717, 1.165) is 24.1 Å². The minimum absolute atomic E-state index is 0.0115. The number of carbonyl (C=O) groups excluding carboxylic acids is 1. The van der Waals surface area contributed by atoms with Gasteiger partial charge in [-0.25, -0.2) is 4.68 Å². The fraction of sp³-hybridized carbons (Fsp3) is 0.261. The summed E-state index contributed by atoms with van der Waals surface area (Å²) in [4.78, 5) is 28.2. The van der Waals surface area contributed by atoms with E-state index in [9.17, 15) is 14.9 Å². The Hall–Kier alpha value is -4.21. The summed E-state index contributed by atoms with van der Waals surface area (Å²) < 4.78 is 12.8. The summed E-state index contributed by atoms with van der Waals surface area (Å²) in [5.74, 6) is 2.02. The number of para-hydroxylation sites is 1. The number of non-ortho nitro benzene ring substituents is 1. The van der Waals surface area contributed by atoms with Crippen molar-refractivity contribution in [3.05, 3.63) is 69.4 Å². The average molecular weight is 447 g/mol. The summed E-state index contributed by atoms with van der Waals surface area (Å²) in [6.07, 6.45) is 1.95. The number of Topliss-reactive ketones (excluding diaryl/α,β-unsaturated/α-hetero) is 1. The quantitative estimate of drug-likeness (QED) is 0.462. The SMILES string of the molecule is COc1cccc(C2C3=C(CCCC3=O)Nc3nc(-c4ccc([N+](=O)[O-])cc4)nn32)c1OC. The maximum absolute atomic E-state index is 13.1. The van der Waals surface area contributed by atoms with Crippen molar-refractivity contribution in [1.29, 1.82) is 0 Å². The van der Waals surface area contributed by atoms with E-state index in [0.29, 0.717) is 40.8 Å². The van der Waals surface area contributed by atoms with E-state index in [1.807, 2.05) is 12.1 Å². The first-order chi connectivity index (χ1) is 16.0. The van der Waals surface area contributed by atoms with Crippen molar-refractivity contribution >= 4 is 17.4 Å². The molecule has 3 aromatic rings. The molecule has 1 aromatic heterocycles. The molecule has 0 radical (unpaired) electrons. The molecule has 1 atom stereocenters. The zero-order valence-electron chi connectivity index (χ0n) is 18.1. The lowest BCUT2D eigenvalue weighted by Gasteiger charge is -2.32. The van der Waals surface area contributed by atoms with E-state index in [-0.39, 0.29) is 11.5 Å². The van der Waals surface area contributed by atoms with Gasteiger partial charge in [-0.05, 0) is 31.0 Å². The second-order valence-corrected chi connectivity index (χ2v) is 7.79. The number of carbonyl (C=O) groups is 1. The van der Waals surface area contributed by atoms with Gasteiger partial charge in [-0.1, -0.05) is 12.1 Å². The molecule has 0 amide bonds. The van der Waals surface area contributed by atoms with Gasteiger partial charge in [-0.3, -0.25) is 14.9 Å². The van der Waals surface area contributed by atoms with Crippen LogP contribution in [0.25, 0.3) is 11.4 Å². The van der Waals surface area contributed by atoms with Crippen molar-refractivity contribution < 1.29 is 19.2 Å². The minimum Gasteiger partial charge on any atom is -0.493 e. The number of ketones is 1. The predicted octanol–water partition coefficient (Wildman–Crippen LogP) is 3.89. The van der Waals surface area contributed by atoms with Crippen LogP contribution in [-0.2, 0) is 4.79 Å². The molecule has 0 fully saturated rings. The van der Waals surface area contributed by atoms with Crippen LogP contribution in [0, 0.1) is 10.1 Å². The van der Waals surface area contributed by atoms with Gasteiger partial charge in [0.2, 0.25) is 5.95 Å². The summed E-state index contributed by atoms with van der Waals surface area (Å²) in [7, 11) is 3.12. The monoisotopic (exact) mass is 447 g/mol. The first-order valence-electron chi connectivity index (χ1n) is 10.5. The van der Waals surface area contributed by atoms with E-state index in [4.69, 9.17) is 14.6 Å². The fourth-order valence-corrected chi connectivity index (χ4v) is 4.43. The van der Waals surface area contributed by atoms with Crippen LogP contribution in [0.4, 0.5) is 11.6 Å². The Balaban J connectivity index is 1.68. The van der Waals surface area contributed by atoms with Crippen LogP contribution in [-0.4, -0.2) is 39.7 Å². The highest BCUT2D eigenvalue weighted by Gasteiger charge is 2.38. The number of aromatic nitrogens is 3. The minimum atomic E-state index is -0.548. The van der Waals surface area contributed by atoms with Crippen LogP contribution >= 0.6 is 0 Å². The van der Waals surface area contributed by atoms with Crippen LogP contribution in [0.1, 0.15) is 30.9 Å². The topological polar surface area (TPSA) is 121 Å². The maximum Gasteiger partial charge on any atom is 0.269 e. The van der Waals surface area contributed by atoms with Gasteiger partial charge in [-0.15, -0.1) is 5.10 Å². The second kappa shape index (κ2) is 8.05. The van der Waals surface area contributed by atoms with Gasteiger partial charge in [0.1, 0.15) is 6.04 Å². The van der Waals surface area contributed by atoms with Crippen LogP contribution in [0.2, 0.25) is 0 Å². The lowest BCUT2D eigenvalue weighted by Crippen LogP contribution is -2.31. The highest BCUT2D eigenvalue weighted by molar-refractivity contribution is 5.99. The lowest BCUT2D eigenvalue weighted by atomic mass is 9.85. The van der Waals surface area contributed by atoms with Gasteiger partial charge in [0, 0.05) is 41.0 Å². The molecule has 1 unspecified atom stereocenters. The van der Waals surface area contributed by atoms with Crippen molar-refractivity contribution in [3.63, 3.8) is 0 Å². The van der Waals surface area contributed by atoms with E-state index in [1.54, 1.807) is 37.1 Å². The zero-order valence-corrected chi connectivity index (χ0v) is 18.1. The van der Waals surface area contributed by atoms with Gasteiger partial charge in [0.05, 0.1) is 19.1 Å². The summed E-state index contributed by atoms with van der Waals surface area (Å²) in [5, 5.41) is 19.0. The van der Waals surface area contributed by atoms with Crippen molar-refractivity contribution in [1.82, 2.24) is 14.8 Å². The van der Waals surface area contributed by atoms with Crippen molar-refractivity contribution in [2.24, 2.45) is 0 Å². The van der Waals surface area contributed by atoms with Crippen LogP contribution in [0.3, 0.4) is 0 Å². The predicted molar refractivity (Wildman–Crippen MR) is 119 cm³/mol. The number of nitro groups is 1. The van der Waals surface area contributed by atoms with E-state index < -0.39 is 11.0 Å². The third kappa shape index (κ3) is 3.39. The van der Waals surface area contributed by atoms with Crippen molar-refractivity contribution in [2.45, 2.75) is 25.3 Å². The first kappa shape index (κ1) is 20.7. The number of nitrogens with zero attached hydrogens (tertiary/aromatic N) is 4. The number of ether oxygens (including phenoxy) is 2. The standard InChI is InChI=1S/C23H21N5O5/c1-32-18-8-3-5-15(21(18)33-2)20-19-16(6-4-7-17(19)29)24-23-25-22(26-27(20)23)13-9-11-14(12-10-13)28(30)31/h3,5,8-12,20H,4,6-7H2,1-2H3,(H,24,25,26). The van der Waals surface area contributed by atoms with Crippen molar-refractivity contribution in [2.75, 3.05) is 19.5 Å². The number of hydrogen-bond acceptors (Lipinski definition) is 8. The number of anilines is 1. The third-order valence-corrected chi connectivity index (χ3v) is 5.93. The lowest BCUT2D eigenvalue weighted by molar-refractivity contribution is -0.384. The fourth-order valence-electron chi connectivity index (χ4n) is 4.43. The highest BCUT2D eigenvalue weighted by Crippen LogP contribution is 2.45. The molecule has 1 aliphatic heterocycles. The number of methoxy groups -OCH3 is 2. The van der Waals surface area contributed by atoms with Crippen LogP contribution in [0.5, 0.6) is 11.5 Å². The molecule has 2 aromatic carbocycles. The Morgan fingerprint density at radius 3 is 2.61 bits per heavy atom. The summed E-state index contributed by atoms with van der Waals surface area (Å²) in [6.45, 7) is 0. The summed E-state index contributed by atoms with van der Waals surface area (Å²) in [5.41, 5.74) is 2.83. The Kier molecular flexibility index (Phi) is 5.04. The molecule has 10 heteroatoms. The van der Waals surface area contributed by atoms with E-state index >= 15 is 0 Å². The second-order valence-electron chi connectivity index (χ2n) is 7.79. The number of nitro benzene ring substituents is 1. The van der Waals surface area contributed by atoms with Gasteiger partial charge in [0.25, 0.3) is 5.69 Å². The molecule has 33 heavy (non-hydrogen) atoms. The molecule has 1 aliphatic carbocycles. The average Bonchev–Trinajstić information content (AvgIpc) is 3.26. The van der Waals surface area contributed by atoms with Gasteiger partial charge in [0.15, 0.2) is 23.1 Å². The number of fused-ring (bicyclic) bond motifs is 1. The third-order valence-electron chi connectivity index (χ3n) is 5.93. The van der Waals surface area contributed by atoms with Gasteiger partial charge in [-0.2, -0.15) is 4.98 Å². The maximum atomic E-state index is 13.1. The Bertz CT molecular complexity index is 1300. The Morgan fingerprint density at radius 2 is 1.91 bits per heavy atom. The van der Waals surface area contributed by atoms with Crippen LogP contribution < -0.4 is 14.8 Å². The molecular weight excluding hydrogens is 426 g/mol. The Labute approximate surface area is 189 Å². The normalized spacial score (nSPS) is 17.2. The number of hydrogen-bond donors (Lipinski definition) is 1. The van der Waals surface area contributed by atoms with Crippen molar-refractivity contribution in [3.8, 4) is 22.9 Å². The molecule has 0 saturated heterocycles. The molecular formula is C23H21N5O5. The largest absolute Gasteiger partial charge is 0.493 e. The molecule has 0 saturated carbocycles. The number of benzene rings is 2. The van der Waals surface area contributed by atoms with E-state index in [2.05, 4.69) is 10.3 Å². The molecule has 1 N–H and O–H groups in total. The molecule has 10 nitrogen and oxygen atoms in total. The molecule has 5 rings (SSSR count). The number of nitrogens with one attached hydrogen (secondary N) is 1. The molecule has 2 heterocycles. The molecule has 2 aliphatic rings. The molecule has 0 bridgehead atoms. The molecule has 0 spiro atoms. The summed E-state index contributed by atoms with van der Waals surface area (Å²) >= 11 is 0. The first-order valence-corrected chi connectivity index (χ1v) is 10.5. The molecule has 168 valence electrons. The highest BCUT2D eigenvalue weighted by atomic mass is 16.6. The number of rotatable bonds is 5. The number of allylic oxidation sites excluding steroid dienone is 2. The van der Waals surface area contributed by atoms with Crippen LogP contribution in [0.15, 0.2) is 53.7 Å². The van der Waals surface area contributed by atoms with Gasteiger partial charge < -0.3 is 14.8 Å². The zero-order chi connectivity index (χ0) is 23.1. The van der Waals surface area contributed by atoms with E-state index in [1.165, 1.54) is 12.1 Å². The summed E-state index contributed by atoms with van der Waals surface area (Å²) in [6, 6.07) is 11.0. The Morgan fingerprint density at radius 1 is 1.12 bits per heavy atom. The smallest absolute Gasteiger partial charge is 0.269 e.